The van der Waals surface area contributed by atoms with Crippen LogP contribution in [0, 0.1) is 6.92 Å². The number of carbonyl (C=O) groups is 3. The molecule has 3 aliphatic rings. The van der Waals surface area contributed by atoms with Crippen LogP contribution in [0.1, 0.15) is 43.2 Å². The summed E-state index contributed by atoms with van der Waals surface area (Å²) in [4.78, 5) is 39.0. The van der Waals surface area contributed by atoms with Crippen molar-refractivity contribution in [3.63, 3.8) is 0 Å². The number of nitrogens with zero attached hydrogens (tertiary/aromatic N) is 1. The molecule has 25 heavy (non-hydrogen) atoms. The number of imide groups is 1. The smallest absolute Gasteiger partial charge is 0.322 e. The summed E-state index contributed by atoms with van der Waals surface area (Å²) in [6.07, 6.45) is 4.24. The minimum Gasteiger partial charge on any atom is -0.339 e. The van der Waals surface area contributed by atoms with E-state index in [1.54, 1.807) is 4.90 Å². The maximum Gasteiger partial charge on any atom is 0.322 e. The lowest BCUT2D eigenvalue weighted by atomic mass is 9.77. The zero-order valence-corrected chi connectivity index (χ0v) is 14.4. The van der Waals surface area contributed by atoms with Gasteiger partial charge in [0, 0.05) is 6.54 Å². The van der Waals surface area contributed by atoms with Crippen LogP contribution in [0.5, 0.6) is 0 Å². The van der Waals surface area contributed by atoms with Gasteiger partial charge in [-0.05, 0) is 31.7 Å². The molecule has 0 radical (unpaired) electrons. The lowest BCUT2D eigenvalue weighted by Gasteiger charge is -2.33. The van der Waals surface area contributed by atoms with Crippen LogP contribution in [0.3, 0.4) is 0 Å². The zero-order valence-electron chi connectivity index (χ0n) is 14.4. The highest BCUT2D eigenvalue weighted by atomic mass is 16.2. The van der Waals surface area contributed by atoms with Gasteiger partial charge in [-0.15, -0.1) is 0 Å². The highest BCUT2D eigenvalue weighted by Crippen LogP contribution is 2.44. The van der Waals surface area contributed by atoms with Crippen molar-refractivity contribution in [3.8, 4) is 0 Å². The fraction of sp³-hybridized carbons (Fsp3) is 0.526. The second-order valence-electron chi connectivity index (χ2n) is 7.63. The Morgan fingerprint density at radius 2 is 1.92 bits per heavy atom. The van der Waals surface area contributed by atoms with Crippen molar-refractivity contribution < 1.29 is 14.4 Å². The first-order valence-electron chi connectivity index (χ1n) is 8.95. The first-order chi connectivity index (χ1) is 12.0. The number of benzene rings is 1. The second-order valence-corrected chi connectivity index (χ2v) is 7.63. The van der Waals surface area contributed by atoms with Crippen LogP contribution in [-0.2, 0) is 15.0 Å². The summed E-state index contributed by atoms with van der Waals surface area (Å²) in [5.74, 6) is -0.217. The van der Waals surface area contributed by atoms with E-state index >= 15 is 0 Å². The number of amides is 4. The molecule has 1 aromatic rings. The molecule has 1 spiro atoms. The number of carbonyl (C=O) groups excluding carboxylic acids is 3. The molecule has 6 heteroatoms. The number of urea groups is 1. The number of hydrogen-bond acceptors (Lipinski definition) is 3. The Balaban J connectivity index is 1.63. The van der Waals surface area contributed by atoms with Gasteiger partial charge in [0.05, 0.1) is 12.0 Å². The summed E-state index contributed by atoms with van der Waals surface area (Å²) in [6.45, 7) is 2.80. The third-order valence-electron chi connectivity index (χ3n) is 6.01. The van der Waals surface area contributed by atoms with E-state index in [9.17, 15) is 14.4 Å². The van der Waals surface area contributed by atoms with Crippen molar-refractivity contribution in [1.29, 1.82) is 0 Å². The van der Waals surface area contributed by atoms with Crippen LogP contribution in [0.2, 0.25) is 0 Å². The van der Waals surface area contributed by atoms with Crippen molar-refractivity contribution in [3.05, 3.63) is 35.4 Å². The first kappa shape index (κ1) is 16.1. The Labute approximate surface area is 147 Å². The molecule has 1 aliphatic carbocycles. The molecule has 4 amide bonds. The highest BCUT2D eigenvalue weighted by molar-refractivity contribution is 6.08. The maximum absolute atomic E-state index is 13.5. The van der Waals surface area contributed by atoms with Crippen molar-refractivity contribution in [2.75, 3.05) is 13.1 Å². The average Bonchev–Trinajstić information content (AvgIpc) is 3.28. The zero-order chi connectivity index (χ0) is 17.7. The Kier molecular flexibility index (Phi) is 3.60. The molecule has 3 fully saturated rings. The summed E-state index contributed by atoms with van der Waals surface area (Å²) in [7, 11) is 0. The average molecular weight is 341 g/mol. The van der Waals surface area contributed by atoms with Gasteiger partial charge < -0.3 is 10.2 Å². The number of likely N-dealkylation sites (tertiary alicyclic amines) is 1. The predicted molar refractivity (Wildman–Crippen MR) is 91.9 cm³/mol. The van der Waals surface area contributed by atoms with E-state index in [2.05, 4.69) is 16.7 Å². The van der Waals surface area contributed by atoms with Crippen LogP contribution in [0.4, 0.5) is 4.79 Å². The number of rotatable bonds is 2. The van der Waals surface area contributed by atoms with Crippen molar-refractivity contribution in [1.82, 2.24) is 15.5 Å². The Hall–Kier alpha value is -2.37. The molecule has 1 saturated carbocycles. The van der Waals surface area contributed by atoms with Crippen LogP contribution in [0.15, 0.2) is 24.3 Å². The fourth-order valence-electron chi connectivity index (χ4n) is 4.65. The van der Waals surface area contributed by atoms with Gasteiger partial charge in [-0.1, -0.05) is 42.7 Å². The molecule has 1 aromatic carbocycles. The van der Waals surface area contributed by atoms with Gasteiger partial charge in [-0.3, -0.25) is 14.9 Å². The molecule has 2 heterocycles. The second kappa shape index (κ2) is 5.58. The molecule has 1 atom stereocenters. The molecular weight excluding hydrogens is 318 g/mol. The van der Waals surface area contributed by atoms with Gasteiger partial charge >= 0.3 is 6.03 Å². The normalized spacial score (nSPS) is 27.6. The van der Waals surface area contributed by atoms with E-state index in [1.807, 2.05) is 25.1 Å². The van der Waals surface area contributed by atoms with Gasteiger partial charge in [0.15, 0.2) is 0 Å². The maximum atomic E-state index is 13.5. The van der Waals surface area contributed by atoms with E-state index in [-0.39, 0.29) is 18.4 Å². The molecule has 2 saturated heterocycles. The van der Waals surface area contributed by atoms with Gasteiger partial charge in [0.1, 0.15) is 5.54 Å². The molecule has 2 aliphatic heterocycles. The van der Waals surface area contributed by atoms with Gasteiger partial charge in [-0.2, -0.15) is 0 Å². The first-order valence-corrected chi connectivity index (χ1v) is 8.95. The molecule has 4 rings (SSSR count). The van der Waals surface area contributed by atoms with Crippen LogP contribution < -0.4 is 10.6 Å². The van der Waals surface area contributed by atoms with E-state index < -0.39 is 17.0 Å². The highest BCUT2D eigenvalue weighted by Gasteiger charge is 2.54. The van der Waals surface area contributed by atoms with Crippen LogP contribution in [0.25, 0.3) is 0 Å². The number of aryl methyl sites for hydroxylation is 1. The topological polar surface area (TPSA) is 78.5 Å². The van der Waals surface area contributed by atoms with E-state index in [0.29, 0.717) is 13.0 Å². The third kappa shape index (κ3) is 2.42. The summed E-state index contributed by atoms with van der Waals surface area (Å²) in [6, 6.07) is 7.74. The van der Waals surface area contributed by atoms with E-state index in [4.69, 9.17) is 0 Å². The van der Waals surface area contributed by atoms with Gasteiger partial charge in [0.25, 0.3) is 5.91 Å². The summed E-state index contributed by atoms with van der Waals surface area (Å²) >= 11 is 0. The number of hydrogen-bond donors (Lipinski definition) is 2. The Morgan fingerprint density at radius 1 is 1.16 bits per heavy atom. The third-order valence-corrected chi connectivity index (χ3v) is 6.01. The summed E-state index contributed by atoms with van der Waals surface area (Å²) < 4.78 is 0. The molecule has 132 valence electrons. The largest absolute Gasteiger partial charge is 0.339 e. The van der Waals surface area contributed by atoms with Crippen LogP contribution >= 0.6 is 0 Å². The monoisotopic (exact) mass is 341 g/mol. The molecule has 0 unspecified atom stereocenters. The molecule has 0 aromatic heterocycles. The molecule has 6 nitrogen and oxygen atoms in total. The molecular formula is C19H23N3O3. The Morgan fingerprint density at radius 3 is 2.56 bits per heavy atom. The summed E-state index contributed by atoms with van der Waals surface area (Å²) in [5.41, 5.74) is 0.795. The molecule has 2 N–H and O–H groups in total. The lowest BCUT2D eigenvalue weighted by molar-refractivity contribution is -0.136. The van der Waals surface area contributed by atoms with E-state index in [0.717, 1.165) is 36.8 Å². The predicted octanol–water partition coefficient (Wildman–Crippen LogP) is 1.62. The quantitative estimate of drug-likeness (QED) is 0.803. The van der Waals surface area contributed by atoms with Crippen molar-refractivity contribution in [2.24, 2.45) is 0 Å². The van der Waals surface area contributed by atoms with Crippen molar-refractivity contribution >= 4 is 17.8 Å². The van der Waals surface area contributed by atoms with E-state index in [1.165, 1.54) is 0 Å². The van der Waals surface area contributed by atoms with Gasteiger partial charge in [0.2, 0.25) is 5.91 Å². The molecule has 0 bridgehead atoms. The van der Waals surface area contributed by atoms with Gasteiger partial charge in [-0.25, -0.2) is 4.79 Å². The van der Waals surface area contributed by atoms with Crippen molar-refractivity contribution in [2.45, 2.75) is 50.0 Å². The fourth-order valence-corrected chi connectivity index (χ4v) is 4.65. The Bertz CT molecular complexity index is 754. The minimum absolute atomic E-state index is 0.0985. The summed E-state index contributed by atoms with van der Waals surface area (Å²) in [5, 5.41) is 5.02. The van der Waals surface area contributed by atoms with Crippen LogP contribution in [-0.4, -0.2) is 41.4 Å². The number of nitrogens with one attached hydrogen (secondary N) is 2. The SMILES string of the molecule is Cc1cccc(C2(C(=O)N3CC[C@]4(C3)NC(=O)NC4=O)CCCC2)c1. The lowest BCUT2D eigenvalue weighted by Crippen LogP contribution is -2.52. The standard InChI is InChI=1S/C19H23N3O3/c1-13-5-4-6-14(11-13)18(7-2-3-8-18)16(24)22-10-9-19(12-22)15(23)20-17(25)21-19/h4-6,11H,2-3,7-10,12H2,1H3,(H2,20,21,23,25)/t19-/m1/s1. The minimum atomic E-state index is -0.945.